The molecule has 142 valence electrons. The average Bonchev–Trinajstić information content (AvgIpc) is 2.70. The molecule has 0 aliphatic heterocycles. The molecule has 0 radical (unpaired) electrons. The summed E-state index contributed by atoms with van der Waals surface area (Å²) in [5, 5.41) is 3.75. The van der Waals surface area contributed by atoms with Gasteiger partial charge in [0, 0.05) is 28.8 Å². The molecule has 0 saturated heterocycles. The minimum absolute atomic E-state index is 0.157. The van der Waals surface area contributed by atoms with Crippen molar-refractivity contribution in [3.8, 4) is 5.69 Å². The molecule has 4 rings (SSSR count). The van der Waals surface area contributed by atoms with E-state index in [1.807, 2.05) is 86.0 Å². The van der Waals surface area contributed by atoms with Crippen molar-refractivity contribution in [3.05, 3.63) is 88.7 Å². The zero-order valence-corrected chi connectivity index (χ0v) is 16.3. The first-order valence-electron chi connectivity index (χ1n) is 9.34. The molecule has 0 aliphatic carbocycles. The molecule has 0 atom stereocenters. The summed E-state index contributed by atoms with van der Waals surface area (Å²) in [7, 11) is 0. The summed E-state index contributed by atoms with van der Waals surface area (Å²) < 4.78 is 1.92. The van der Waals surface area contributed by atoms with Crippen molar-refractivity contribution < 1.29 is 0 Å². The van der Waals surface area contributed by atoms with Crippen molar-refractivity contribution in [2.24, 2.45) is 0 Å². The fourth-order valence-electron chi connectivity index (χ4n) is 3.07. The molecular formula is C23H24N4O. The van der Waals surface area contributed by atoms with Gasteiger partial charge in [-0.3, -0.25) is 9.36 Å². The van der Waals surface area contributed by atoms with Gasteiger partial charge >= 0.3 is 0 Å². The molecule has 5 nitrogen and oxygen atoms in total. The summed E-state index contributed by atoms with van der Waals surface area (Å²) in [4.78, 5) is 17.4. The predicted molar refractivity (Wildman–Crippen MR) is 118 cm³/mol. The zero-order chi connectivity index (χ0) is 20.1. The standard InChI is InChI=1S/C21H18N4O.C2H6/c1-14-12-17(22)20-18(26)13-19(24-15-8-4-2-5-9-15)25(21(20)23-14)16-10-6-3-7-11-16;1-2/h2-13,24H,1H3,(H2,22,23);1-2H3. The van der Waals surface area contributed by atoms with Crippen LogP contribution in [0.5, 0.6) is 0 Å². The van der Waals surface area contributed by atoms with Gasteiger partial charge < -0.3 is 11.1 Å². The number of hydrogen-bond donors (Lipinski definition) is 2. The fourth-order valence-corrected chi connectivity index (χ4v) is 3.07. The molecule has 0 saturated carbocycles. The molecular weight excluding hydrogens is 348 g/mol. The van der Waals surface area contributed by atoms with Crippen molar-refractivity contribution in [2.75, 3.05) is 11.1 Å². The Morgan fingerprint density at radius 2 is 1.54 bits per heavy atom. The van der Waals surface area contributed by atoms with Crippen LogP contribution in [0.15, 0.2) is 77.6 Å². The summed E-state index contributed by atoms with van der Waals surface area (Å²) in [5.74, 6) is 0.636. The third-order valence-corrected chi connectivity index (χ3v) is 4.19. The number of pyridine rings is 2. The predicted octanol–water partition coefficient (Wildman–Crippen LogP) is 5.05. The first kappa shape index (κ1) is 19.2. The molecule has 2 aromatic carbocycles. The SMILES string of the molecule is CC.Cc1cc(N)c2c(=O)cc(Nc3ccccc3)n(-c3ccccc3)c2n1. The Balaban J connectivity index is 0.00000109. The van der Waals surface area contributed by atoms with E-state index in [4.69, 9.17) is 5.73 Å². The second-order valence-electron chi connectivity index (χ2n) is 6.11. The number of nitrogens with zero attached hydrogens (tertiary/aromatic N) is 2. The smallest absolute Gasteiger partial charge is 0.195 e. The lowest BCUT2D eigenvalue weighted by atomic mass is 10.2. The molecule has 4 aromatic rings. The summed E-state index contributed by atoms with van der Waals surface area (Å²) in [6, 6.07) is 22.8. The molecule has 2 heterocycles. The number of hydrogen-bond acceptors (Lipinski definition) is 4. The minimum Gasteiger partial charge on any atom is -0.398 e. The molecule has 5 heteroatoms. The third-order valence-electron chi connectivity index (χ3n) is 4.19. The van der Waals surface area contributed by atoms with Gasteiger partial charge in [0.05, 0.1) is 5.39 Å². The number of benzene rings is 2. The molecule has 0 fully saturated rings. The van der Waals surface area contributed by atoms with Crippen LogP contribution in [0.2, 0.25) is 0 Å². The quantitative estimate of drug-likeness (QED) is 0.528. The molecule has 0 bridgehead atoms. The highest BCUT2D eigenvalue weighted by molar-refractivity contribution is 5.90. The Hall–Kier alpha value is -3.60. The number of nitrogens with one attached hydrogen (secondary N) is 1. The first-order valence-corrected chi connectivity index (χ1v) is 9.34. The highest BCUT2D eigenvalue weighted by Gasteiger charge is 2.15. The van der Waals surface area contributed by atoms with Crippen LogP contribution >= 0.6 is 0 Å². The fraction of sp³-hybridized carbons (Fsp3) is 0.130. The molecule has 2 aromatic heterocycles. The number of nitrogens with two attached hydrogens (primary N) is 1. The van der Waals surface area contributed by atoms with Gasteiger partial charge in [-0.2, -0.15) is 0 Å². The Bertz CT molecular complexity index is 1140. The lowest BCUT2D eigenvalue weighted by molar-refractivity contribution is 1.05. The van der Waals surface area contributed by atoms with Crippen molar-refractivity contribution in [2.45, 2.75) is 20.8 Å². The van der Waals surface area contributed by atoms with Crippen LogP contribution in [0.1, 0.15) is 19.5 Å². The van der Waals surface area contributed by atoms with Gasteiger partial charge in [-0.25, -0.2) is 4.98 Å². The van der Waals surface area contributed by atoms with E-state index < -0.39 is 0 Å². The number of para-hydroxylation sites is 2. The second kappa shape index (κ2) is 8.39. The average molecular weight is 372 g/mol. The van der Waals surface area contributed by atoms with E-state index in [2.05, 4.69) is 10.3 Å². The van der Waals surface area contributed by atoms with Gasteiger partial charge in [-0.05, 0) is 37.3 Å². The number of fused-ring (bicyclic) bond motifs is 1. The molecule has 0 spiro atoms. The van der Waals surface area contributed by atoms with Crippen LogP contribution in [-0.2, 0) is 0 Å². The summed E-state index contributed by atoms with van der Waals surface area (Å²) in [6.07, 6.45) is 0. The van der Waals surface area contributed by atoms with Gasteiger partial charge in [-0.1, -0.05) is 50.2 Å². The van der Waals surface area contributed by atoms with Crippen LogP contribution < -0.4 is 16.5 Å². The number of anilines is 3. The number of nitrogen functional groups attached to an aromatic ring is 1. The Labute approximate surface area is 164 Å². The van der Waals surface area contributed by atoms with Crippen LogP contribution in [-0.4, -0.2) is 9.55 Å². The number of aryl methyl sites for hydroxylation is 1. The van der Waals surface area contributed by atoms with Crippen molar-refractivity contribution >= 4 is 28.2 Å². The Kier molecular flexibility index (Phi) is 5.75. The van der Waals surface area contributed by atoms with E-state index in [0.29, 0.717) is 22.5 Å². The minimum atomic E-state index is -0.157. The van der Waals surface area contributed by atoms with Crippen molar-refractivity contribution in [3.63, 3.8) is 0 Å². The van der Waals surface area contributed by atoms with E-state index >= 15 is 0 Å². The normalized spacial score (nSPS) is 10.2. The second-order valence-corrected chi connectivity index (χ2v) is 6.11. The van der Waals surface area contributed by atoms with Crippen LogP contribution in [0.3, 0.4) is 0 Å². The zero-order valence-electron chi connectivity index (χ0n) is 16.3. The molecule has 3 N–H and O–H groups in total. The van der Waals surface area contributed by atoms with Gasteiger partial charge in [-0.15, -0.1) is 0 Å². The van der Waals surface area contributed by atoms with Crippen molar-refractivity contribution in [1.29, 1.82) is 0 Å². The monoisotopic (exact) mass is 372 g/mol. The molecule has 0 aliphatic rings. The maximum absolute atomic E-state index is 12.7. The molecule has 0 unspecified atom stereocenters. The van der Waals surface area contributed by atoms with E-state index in [-0.39, 0.29) is 5.43 Å². The summed E-state index contributed by atoms with van der Waals surface area (Å²) >= 11 is 0. The maximum atomic E-state index is 12.7. The number of rotatable bonds is 3. The van der Waals surface area contributed by atoms with Gasteiger partial charge in [0.15, 0.2) is 11.1 Å². The van der Waals surface area contributed by atoms with E-state index in [9.17, 15) is 4.79 Å². The molecule has 0 amide bonds. The van der Waals surface area contributed by atoms with Gasteiger partial charge in [0.2, 0.25) is 0 Å². The number of aromatic nitrogens is 2. The van der Waals surface area contributed by atoms with Crippen LogP contribution in [0.4, 0.5) is 17.2 Å². The summed E-state index contributed by atoms with van der Waals surface area (Å²) in [6.45, 7) is 5.87. The third kappa shape index (κ3) is 3.74. The summed E-state index contributed by atoms with van der Waals surface area (Å²) in [5.41, 5.74) is 9.50. The largest absolute Gasteiger partial charge is 0.398 e. The van der Waals surface area contributed by atoms with Crippen LogP contribution in [0, 0.1) is 6.92 Å². The lowest BCUT2D eigenvalue weighted by Crippen LogP contribution is -2.15. The van der Waals surface area contributed by atoms with E-state index in [0.717, 1.165) is 17.1 Å². The Morgan fingerprint density at radius 1 is 0.929 bits per heavy atom. The lowest BCUT2D eigenvalue weighted by Gasteiger charge is -2.18. The highest BCUT2D eigenvalue weighted by atomic mass is 16.1. The molecule has 28 heavy (non-hydrogen) atoms. The highest BCUT2D eigenvalue weighted by Crippen LogP contribution is 2.26. The van der Waals surface area contributed by atoms with Gasteiger partial charge in [0.1, 0.15) is 5.82 Å². The van der Waals surface area contributed by atoms with Crippen molar-refractivity contribution in [1.82, 2.24) is 9.55 Å². The van der Waals surface area contributed by atoms with Crippen LogP contribution in [0.25, 0.3) is 16.7 Å². The Morgan fingerprint density at radius 3 is 2.18 bits per heavy atom. The topological polar surface area (TPSA) is 72.9 Å². The van der Waals surface area contributed by atoms with E-state index in [1.165, 1.54) is 0 Å². The van der Waals surface area contributed by atoms with E-state index in [1.54, 1.807) is 12.1 Å². The first-order chi connectivity index (χ1) is 13.6. The maximum Gasteiger partial charge on any atom is 0.195 e. The van der Waals surface area contributed by atoms with Gasteiger partial charge in [0.25, 0.3) is 0 Å².